The Bertz CT molecular complexity index is 681. The third kappa shape index (κ3) is 7.48. The van der Waals surface area contributed by atoms with Crippen LogP contribution in [0.4, 0.5) is 4.79 Å². The Balaban J connectivity index is 1.76. The zero-order valence-electron chi connectivity index (χ0n) is 16.1. The van der Waals surface area contributed by atoms with Crippen LogP contribution in [0.25, 0.3) is 0 Å². The van der Waals surface area contributed by atoms with Crippen LogP contribution in [-0.2, 0) is 26.1 Å². The summed E-state index contributed by atoms with van der Waals surface area (Å²) in [5.41, 5.74) is 0.925. The summed E-state index contributed by atoms with van der Waals surface area (Å²) < 4.78 is 37.7. The summed E-state index contributed by atoms with van der Waals surface area (Å²) in [6, 6.07) is 9.48. The van der Waals surface area contributed by atoms with Gasteiger partial charge in [0, 0.05) is 32.8 Å². The number of carbonyl (C=O) groups is 1. The second kappa shape index (κ2) is 10.6. The van der Waals surface area contributed by atoms with Gasteiger partial charge in [0.25, 0.3) is 0 Å². The van der Waals surface area contributed by atoms with Gasteiger partial charge in [-0.25, -0.2) is 17.9 Å². The summed E-state index contributed by atoms with van der Waals surface area (Å²) in [6.07, 6.45) is 0.251. The van der Waals surface area contributed by atoms with Crippen molar-refractivity contribution in [3.8, 4) is 0 Å². The molecule has 1 aliphatic rings. The lowest BCUT2D eigenvalue weighted by Crippen LogP contribution is -2.34. The van der Waals surface area contributed by atoms with E-state index in [2.05, 4.69) is 4.72 Å². The topological polar surface area (TPSA) is 84.9 Å². The molecule has 1 amide bonds. The van der Waals surface area contributed by atoms with Gasteiger partial charge in [0.1, 0.15) is 6.61 Å². The molecular weight excluding hydrogens is 368 g/mol. The number of carbonyl (C=O) groups excluding carboxylic acids is 1. The summed E-state index contributed by atoms with van der Waals surface area (Å²) in [5, 5.41) is 0. The lowest BCUT2D eigenvalue weighted by molar-refractivity contribution is 0.102. The summed E-state index contributed by atoms with van der Waals surface area (Å²) in [7, 11) is -3.37. The first-order valence-corrected chi connectivity index (χ1v) is 11.1. The van der Waals surface area contributed by atoms with Crippen LogP contribution >= 0.6 is 0 Å². The quantitative estimate of drug-likeness (QED) is 0.611. The minimum atomic E-state index is -3.37. The maximum absolute atomic E-state index is 12.3. The molecule has 2 atom stereocenters. The number of nitrogens with one attached hydrogen (secondary N) is 1. The van der Waals surface area contributed by atoms with Crippen LogP contribution in [0, 0.1) is 11.8 Å². The van der Waals surface area contributed by atoms with Crippen molar-refractivity contribution in [1.82, 2.24) is 9.62 Å². The number of hydrogen-bond acceptors (Lipinski definition) is 5. The van der Waals surface area contributed by atoms with Gasteiger partial charge in [-0.2, -0.15) is 0 Å². The van der Waals surface area contributed by atoms with Crippen molar-refractivity contribution < 1.29 is 22.7 Å². The Morgan fingerprint density at radius 1 is 1.26 bits per heavy atom. The zero-order valence-corrected chi connectivity index (χ0v) is 16.9. The number of likely N-dealkylation sites (tertiary alicyclic amines) is 1. The Morgan fingerprint density at radius 3 is 2.70 bits per heavy atom. The van der Waals surface area contributed by atoms with Crippen LogP contribution in [0.2, 0.25) is 0 Å². The number of hydrogen-bond donors (Lipinski definition) is 1. The SMILES string of the molecule is CCOCCCNS(=O)(=O)CC1CN(C(=O)OCc2ccccc2)CC1C. The monoisotopic (exact) mass is 398 g/mol. The molecule has 1 heterocycles. The Kier molecular flexibility index (Phi) is 8.53. The number of sulfonamides is 1. The molecule has 0 radical (unpaired) electrons. The fraction of sp³-hybridized carbons (Fsp3) is 0.632. The number of benzene rings is 1. The second-order valence-corrected chi connectivity index (χ2v) is 8.76. The van der Waals surface area contributed by atoms with Gasteiger partial charge in [0.05, 0.1) is 5.75 Å². The van der Waals surface area contributed by atoms with Gasteiger partial charge in [-0.15, -0.1) is 0 Å². The van der Waals surface area contributed by atoms with Gasteiger partial charge in [-0.1, -0.05) is 37.3 Å². The molecule has 7 nitrogen and oxygen atoms in total. The van der Waals surface area contributed by atoms with Crippen LogP contribution in [0.5, 0.6) is 0 Å². The summed E-state index contributed by atoms with van der Waals surface area (Å²) in [4.78, 5) is 13.9. The Morgan fingerprint density at radius 2 is 2.00 bits per heavy atom. The van der Waals surface area contributed by atoms with Crippen LogP contribution in [0.3, 0.4) is 0 Å². The fourth-order valence-electron chi connectivity index (χ4n) is 3.10. The van der Waals surface area contributed by atoms with Gasteiger partial charge >= 0.3 is 6.09 Å². The average molecular weight is 399 g/mol. The molecule has 0 bridgehead atoms. The molecule has 8 heteroatoms. The number of rotatable bonds is 10. The zero-order chi connectivity index (χ0) is 19.7. The van der Waals surface area contributed by atoms with Gasteiger partial charge in [-0.3, -0.25) is 0 Å². The maximum atomic E-state index is 12.3. The first-order valence-electron chi connectivity index (χ1n) is 9.42. The van der Waals surface area contributed by atoms with E-state index >= 15 is 0 Å². The highest BCUT2D eigenvalue weighted by molar-refractivity contribution is 7.89. The lowest BCUT2D eigenvalue weighted by atomic mass is 10.0. The van der Waals surface area contributed by atoms with Gasteiger partial charge in [0.15, 0.2) is 0 Å². The molecule has 0 aliphatic carbocycles. The van der Waals surface area contributed by atoms with Crippen molar-refractivity contribution in [2.75, 3.05) is 38.6 Å². The predicted octanol–water partition coefficient (Wildman–Crippen LogP) is 2.24. The van der Waals surface area contributed by atoms with E-state index in [1.165, 1.54) is 0 Å². The molecule has 1 aromatic carbocycles. The van der Waals surface area contributed by atoms with Crippen LogP contribution in [0.15, 0.2) is 30.3 Å². The minimum Gasteiger partial charge on any atom is -0.445 e. The van der Waals surface area contributed by atoms with E-state index in [9.17, 15) is 13.2 Å². The first-order chi connectivity index (χ1) is 12.9. The molecular formula is C19H30N2O5S. The summed E-state index contributed by atoms with van der Waals surface area (Å²) in [6.45, 7) is 6.54. The van der Waals surface area contributed by atoms with E-state index in [-0.39, 0.29) is 24.2 Å². The van der Waals surface area contributed by atoms with Crippen molar-refractivity contribution in [2.24, 2.45) is 11.8 Å². The minimum absolute atomic E-state index is 0.0191. The molecule has 1 aliphatic heterocycles. The van der Waals surface area contributed by atoms with Crippen LogP contribution in [0.1, 0.15) is 25.8 Å². The Hall–Kier alpha value is -1.64. The number of ether oxygens (including phenoxy) is 2. The third-order valence-electron chi connectivity index (χ3n) is 4.66. The Labute approximate surface area is 162 Å². The normalized spacial score (nSPS) is 20.0. The van der Waals surface area contributed by atoms with E-state index < -0.39 is 16.1 Å². The number of nitrogens with zero attached hydrogens (tertiary/aromatic N) is 1. The molecule has 1 fully saturated rings. The van der Waals surface area contributed by atoms with Crippen LogP contribution in [-0.4, -0.2) is 58.0 Å². The first kappa shape index (κ1) is 21.7. The highest BCUT2D eigenvalue weighted by Gasteiger charge is 2.35. The van der Waals surface area contributed by atoms with E-state index in [0.717, 1.165) is 5.56 Å². The van der Waals surface area contributed by atoms with Crippen molar-refractivity contribution in [1.29, 1.82) is 0 Å². The smallest absolute Gasteiger partial charge is 0.410 e. The summed E-state index contributed by atoms with van der Waals surface area (Å²) in [5.74, 6) is 0.0265. The lowest BCUT2D eigenvalue weighted by Gasteiger charge is -2.16. The van der Waals surface area contributed by atoms with Crippen molar-refractivity contribution in [3.05, 3.63) is 35.9 Å². The highest BCUT2D eigenvalue weighted by Crippen LogP contribution is 2.25. The van der Waals surface area contributed by atoms with E-state index in [1.807, 2.05) is 44.2 Å². The van der Waals surface area contributed by atoms with Crippen molar-refractivity contribution >= 4 is 16.1 Å². The van der Waals surface area contributed by atoms with Gasteiger partial charge in [-0.05, 0) is 30.7 Å². The molecule has 0 spiro atoms. The molecule has 2 rings (SSSR count). The second-order valence-electron chi connectivity index (χ2n) is 6.91. The summed E-state index contributed by atoms with van der Waals surface area (Å²) >= 11 is 0. The molecule has 0 saturated carbocycles. The fourth-order valence-corrected chi connectivity index (χ4v) is 4.67. The molecule has 152 valence electrons. The van der Waals surface area contributed by atoms with Gasteiger partial charge in [0.2, 0.25) is 10.0 Å². The predicted molar refractivity (Wildman–Crippen MR) is 104 cm³/mol. The van der Waals surface area contributed by atoms with E-state index in [4.69, 9.17) is 9.47 Å². The van der Waals surface area contributed by atoms with Gasteiger partial charge < -0.3 is 14.4 Å². The van der Waals surface area contributed by atoms with E-state index in [0.29, 0.717) is 39.3 Å². The third-order valence-corrected chi connectivity index (χ3v) is 6.17. The van der Waals surface area contributed by atoms with E-state index in [1.54, 1.807) is 4.90 Å². The molecule has 1 saturated heterocycles. The molecule has 27 heavy (non-hydrogen) atoms. The maximum Gasteiger partial charge on any atom is 0.410 e. The molecule has 2 unspecified atom stereocenters. The highest BCUT2D eigenvalue weighted by atomic mass is 32.2. The number of amides is 1. The molecule has 1 aromatic rings. The standard InChI is InChI=1S/C19H30N2O5S/c1-3-25-11-7-10-20-27(23,24)15-18-13-21(12-16(18)2)19(22)26-14-17-8-5-4-6-9-17/h4-6,8-9,16,18,20H,3,7,10-15H2,1-2H3. The largest absolute Gasteiger partial charge is 0.445 e. The van der Waals surface area contributed by atoms with Crippen molar-refractivity contribution in [2.45, 2.75) is 26.9 Å². The molecule has 1 N–H and O–H groups in total. The van der Waals surface area contributed by atoms with Crippen LogP contribution < -0.4 is 4.72 Å². The van der Waals surface area contributed by atoms with Crippen molar-refractivity contribution in [3.63, 3.8) is 0 Å². The molecule has 0 aromatic heterocycles. The average Bonchev–Trinajstić information content (AvgIpc) is 3.00.